The molecule has 8 nitrogen and oxygen atoms in total. The first-order chi connectivity index (χ1) is 12.3. The molecule has 1 atom stereocenters. The largest absolute Gasteiger partial charge is 0.354 e. The third kappa shape index (κ3) is 4.12. The summed E-state index contributed by atoms with van der Waals surface area (Å²) in [4.78, 5) is 21.1. The smallest absolute Gasteiger partial charge is 0.241 e. The number of nitrogens with one attached hydrogen (secondary N) is 1. The van der Waals surface area contributed by atoms with E-state index in [-0.39, 0.29) is 29.8 Å². The van der Waals surface area contributed by atoms with Crippen molar-refractivity contribution in [2.75, 3.05) is 6.54 Å². The van der Waals surface area contributed by atoms with Crippen LogP contribution in [0.5, 0.6) is 0 Å². The molecule has 1 saturated carbocycles. The maximum atomic E-state index is 12.5. The van der Waals surface area contributed by atoms with Crippen LogP contribution in [0.25, 0.3) is 0 Å². The first kappa shape index (κ1) is 18.6. The third-order valence-corrected chi connectivity index (χ3v) is 5.16. The number of amides is 1. The molecule has 1 unspecified atom stereocenters. The monoisotopic (exact) mass is 359 g/mol. The minimum Gasteiger partial charge on any atom is -0.354 e. The Morgan fingerprint density at radius 1 is 1.38 bits per heavy atom. The van der Waals surface area contributed by atoms with Crippen molar-refractivity contribution in [3.05, 3.63) is 29.9 Å². The predicted molar refractivity (Wildman–Crippen MR) is 98.2 cm³/mol. The number of hydrogen-bond acceptors (Lipinski definition) is 5. The average Bonchev–Trinajstić information content (AvgIpc) is 3.09. The van der Waals surface area contributed by atoms with E-state index in [4.69, 9.17) is 5.73 Å². The van der Waals surface area contributed by atoms with Gasteiger partial charge in [-0.1, -0.05) is 13.8 Å². The van der Waals surface area contributed by atoms with E-state index in [0.29, 0.717) is 18.2 Å². The van der Waals surface area contributed by atoms with E-state index in [1.165, 1.54) is 0 Å². The van der Waals surface area contributed by atoms with Crippen molar-refractivity contribution >= 4 is 5.91 Å². The van der Waals surface area contributed by atoms with Gasteiger partial charge < -0.3 is 15.6 Å². The number of imidazole rings is 1. The van der Waals surface area contributed by atoms with Crippen LogP contribution in [0.2, 0.25) is 0 Å². The van der Waals surface area contributed by atoms with Crippen LogP contribution in [-0.4, -0.2) is 36.8 Å². The van der Waals surface area contributed by atoms with Gasteiger partial charge in [0.1, 0.15) is 24.0 Å². The standard InChI is InChI=1S/C18H29N7O/c1-12(2)16(19)17-22-13(3)23-25(17)9-15(26)21-10-18(5-6-18)11-24-8-7-20-14(24)4/h7-8,12,16H,5-6,9-11,19H2,1-4H3,(H,21,26). The van der Waals surface area contributed by atoms with Crippen LogP contribution < -0.4 is 11.1 Å². The van der Waals surface area contributed by atoms with E-state index >= 15 is 0 Å². The normalized spacial score (nSPS) is 16.7. The van der Waals surface area contributed by atoms with Crippen LogP contribution in [0, 0.1) is 25.2 Å². The molecule has 1 aliphatic carbocycles. The van der Waals surface area contributed by atoms with Crippen LogP contribution in [0.4, 0.5) is 0 Å². The number of carbonyl (C=O) groups excluding carboxylic acids is 1. The highest BCUT2D eigenvalue weighted by molar-refractivity contribution is 5.75. The molecule has 0 radical (unpaired) electrons. The molecule has 26 heavy (non-hydrogen) atoms. The van der Waals surface area contributed by atoms with Crippen molar-refractivity contribution in [3.63, 3.8) is 0 Å². The first-order valence-corrected chi connectivity index (χ1v) is 9.21. The summed E-state index contributed by atoms with van der Waals surface area (Å²) in [5.74, 6) is 2.49. The Morgan fingerprint density at radius 3 is 2.69 bits per heavy atom. The fourth-order valence-electron chi connectivity index (χ4n) is 3.11. The molecule has 3 N–H and O–H groups in total. The lowest BCUT2D eigenvalue weighted by molar-refractivity contribution is -0.122. The van der Waals surface area contributed by atoms with Gasteiger partial charge in [-0.25, -0.2) is 14.6 Å². The van der Waals surface area contributed by atoms with Crippen LogP contribution in [0.1, 0.15) is 50.2 Å². The van der Waals surface area contributed by atoms with Gasteiger partial charge in [0.05, 0.1) is 6.04 Å². The van der Waals surface area contributed by atoms with Crippen molar-refractivity contribution in [2.24, 2.45) is 17.1 Å². The molecule has 8 heteroatoms. The Kier molecular flexibility index (Phi) is 5.13. The van der Waals surface area contributed by atoms with Crippen LogP contribution in [-0.2, 0) is 17.9 Å². The Balaban J connectivity index is 1.57. The van der Waals surface area contributed by atoms with E-state index in [0.717, 1.165) is 25.2 Å². The van der Waals surface area contributed by atoms with E-state index in [1.807, 2.05) is 40.1 Å². The highest BCUT2D eigenvalue weighted by atomic mass is 16.2. The Labute approximate surface area is 154 Å². The molecular weight excluding hydrogens is 330 g/mol. The zero-order valence-corrected chi connectivity index (χ0v) is 16.1. The van der Waals surface area contributed by atoms with Gasteiger partial charge in [-0.2, -0.15) is 5.10 Å². The number of nitrogens with two attached hydrogens (primary N) is 1. The number of nitrogens with zero attached hydrogens (tertiary/aromatic N) is 5. The number of rotatable bonds is 8. The topological polar surface area (TPSA) is 104 Å². The summed E-state index contributed by atoms with van der Waals surface area (Å²) in [5, 5.41) is 7.41. The molecule has 0 aliphatic heterocycles. The van der Waals surface area contributed by atoms with Gasteiger partial charge in [0.15, 0.2) is 0 Å². The van der Waals surface area contributed by atoms with Gasteiger partial charge in [0.25, 0.3) is 0 Å². The number of carbonyl (C=O) groups is 1. The predicted octanol–water partition coefficient (Wildman–Crippen LogP) is 1.34. The zero-order valence-electron chi connectivity index (χ0n) is 16.1. The zero-order chi connectivity index (χ0) is 18.9. The second kappa shape index (κ2) is 7.19. The quantitative estimate of drug-likeness (QED) is 0.740. The van der Waals surface area contributed by atoms with Gasteiger partial charge in [-0.05, 0) is 32.6 Å². The highest BCUT2D eigenvalue weighted by Gasteiger charge is 2.43. The van der Waals surface area contributed by atoms with Crippen molar-refractivity contribution in [1.82, 2.24) is 29.6 Å². The Hall–Kier alpha value is -2.22. The molecule has 3 rings (SSSR count). The van der Waals surface area contributed by atoms with Crippen LogP contribution in [0.3, 0.4) is 0 Å². The minimum atomic E-state index is -0.233. The molecule has 1 aliphatic rings. The maximum Gasteiger partial charge on any atom is 0.241 e. The number of aryl methyl sites for hydroxylation is 2. The molecule has 1 fully saturated rings. The molecular formula is C18H29N7O. The summed E-state index contributed by atoms with van der Waals surface area (Å²) < 4.78 is 3.79. The summed E-state index contributed by atoms with van der Waals surface area (Å²) in [7, 11) is 0. The molecule has 0 spiro atoms. The summed E-state index contributed by atoms with van der Waals surface area (Å²) in [6.45, 7) is 9.60. The van der Waals surface area contributed by atoms with Gasteiger partial charge in [-0.15, -0.1) is 0 Å². The van der Waals surface area contributed by atoms with Crippen molar-refractivity contribution in [3.8, 4) is 0 Å². The Bertz CT molecular complexity index is 772. The molecule has 142 valence electrons. The third-order valence-electron chi connectivity index (χ3n) is 5.16. The molecule has 2 heterocycles. The molecule has 2 aromatic rings. The van der Waals surface area contributed by atoms with E-state index in [9.17, 15) is 4.79 Å². The Morgan fingerprint density at radius 2 is 2.12 bits per heavy atom. The molecule has 0 aromatic carbocycles. The minimum absolute atomic E-state index is 0.0549. The summed E-state index contributed by atoms with van der Waals surface area (Å²) in [6.07, 6.45) is 6.05. The van der Waals surface area contributed by atoms with Crippen LogP contribution >= 0.6 is 0 Å². The van der Waals surface area contributed by atoms with Gasteiger partial charge in [-0.3, -0.25) is 4.79 Å². The lowest BCUT2D eigenvalue weighted by Gasteiger charge is -2.19. The average molecular weight is 359 g/mol. The fraction of sp³-hybridized carbons (Fsp3) is 0.667. The fourth-order valence-corrected chi connectivity index (χ4v) is 3.11. The van der Waals surface area contributed by atoms with E-state index in [1.54, 1.807) is 4.68 Å². The summed E-state index contributed by atoms with van der Waals surface area (Å²) >= 11 is 0. The van der Waals surface area contributed by atoms with Gasteiger partial charge >= 0.3 is 0 Å². The lowest BCUT2D eigenvalue weighted by atomic mass is 10.1. The van der Waals surface area contributed by atoms with E-state index < -0.39 is 0 Å². The second-order valence-electron chi connectivity index (χ2n) is 7.82. The van der Waals surface area contributed by atoms with E-state index in [2.05, 4.69) is 25.0 Å². The molecule has 0 bridgehead atoms. The van der Waals surface area contributed by atoms with Crippen molar-refractivity contribution in [2.45, 2.75) is 59.7 Å². The SMILES string of the molecule is Cc1nc(C(N)C(C)C)n(CC(=O)NCC2(Cn3ccnc3C)CC2)n1. The number of aromatic nitrogens is 5. The molecule has 2 aromatic heterocycles. The highest BCUT2D eigenvalue weighted by Crippen LogP contribution is 2.46. The van der Waals surface area contributed by atoms with Crippen molar-refractivity contribution < 1.29 is 4.79 Å². The maximum absolute atomic E-state index is 12.5. The lowest BCUT2D eigenvalue weighted by Crippen LogP contribution is -2.35. The summed E-state index contributed by atoms with van der Waals surface area (Å²) in [6, 6.07) is -0.233. The van der Waals surface area contributed by atoms with Gasteiger partial charge in [0, 0.05) is 30.9 Å². The summed E-state index contributed by atoms with van der Waals surface area (Å²) in [5.41, 5.74) is 6.36. The van der Waals surface area contributed by atoms with Crippen LogP contribution in [0.15, 0.2) is 12.4 Å². The van der Waals surface area contributed by atoms with Crippen molar-refractivity contribution in [1.29, 1.82) is 0 Å². The first-order valence-electron chi connectivity index (χ1n) is 9.21. The second-order valence-corrected chi connectivity index (χ2v) is 7.82. The van der Waals surface area contributed by atoms with Gasteiger partial charge in [0.2, 0.25) is 5.91 Å². The number of hydrogen-bond donors (Lipinski definition) is 2. The molecule has 1 amide bonds. The molecule has 0 saturated heterocycles.